The molecule has 1 aliphatic heterocycles. The fraction of sp³-hybridized carbons (Fsp3) is 0.472. The highest BCUT2D eigenvalue weighted by Crippen LogP contribution is 2.34. The number of fused-ring (bicyclic) bond motifs is 1. The molecule has 0 bridgehead atoms. The number of halogens is 3. The SMILES string of the molecule is CC(C)(C)c1cc2cn(-c3ccc(CNCCCN=C(N)N)cc3)c(=O)nc2[nH]1.CC(C)(C)c1ccc(C(NC2CNC2)C(F)(F)F)cc1. The molecular formula is C36H50F3N9O. The Morgan fingerprint density at radius 1 is 1.00 bits per heavy atom. The standard InChI is InChI=1S/C21H29N7O.C15H21F3N2/c1-21(2,3)17-11-15-13-28(20(29)27-18(15)26-17)16-7-5-14(6-8-16)12-24-9-4-10-25-19(22)23;1-14(2,3)11-6-4-10(5-7-11)13(15(16,17)18)20-12-8-19-9-12/h5-8,11,13,24H,4,9-10,12H2,1-3H3,(H4,22,23,25)(H,26,27,29);4-7,12-13,19-20H,8-9H2,1-3H3. The number of H-pyrrole nitrogens is 1. The van der Waals surface area contributed by atoms with E-state index in [-0.39, 0.29) is 34.1 Å². The van der Waals surface area contributed by atoms with Gasteiger partial charge in [0.25, 0.3) is 0 Å². The molecule has 0 saturated carbocycles. The van der Waals surface area contributed by atoms with E-state index in [4.69, 9.17) is 11.5 Å². The number of nitrogens with two attached hydrogens (primary N) is 2. The minimum absolute atomic E-state index is 0.0352. The molecule has 2 aromatic carbocycles. The van der Waals surface area contributed by atoms with Crippen molar-refractivity contribution in [2.24, 2.45) is 16.5 Å². The second-order valence-electron chi connectivity index (χ2n) is 14.5. The van der Waals surface area contributed by atoms with Gasteiger partial charge in [-0.1, -0.05) is 77.9 Å². The van der Waals surface area contributed by atoms with Crippen LogP contribution in [0, 0.1) is 0 Å². The van der Waals surface area contributed by atoms with E-state index in [1.807, 2.05) is 51.2 Å². The van der Waals surface area contributed by atoms with Gasteiger partial charge in [0.05, 0.1) is 5.69 Å². The molecule has 1 aliphatic rings. The van der Waals surface area contributed by atoms with Crippen molar-refractivity contribution >= 4 is 17.0 Å². The van der Waals surface area contributed by atoms with Gasteiger partial charge in [-0.25, -0.2) is 4.79 Å². The fourth-order valence-corrected chi connectivity index (χ4v) is 5.20. The first-order chi connectivity index (χ1) is 22.9. The van der Waals surface area contributed by atoms with Gasteiger partial charge < -0.3 is 27.1 Å². The van der Waals surface area contributed by atoms with Crippen LogP contribution in [-0.4, -0.2) is 58.9 Å². The molecule has 5 rings (SSSR count). The van der Waals surface area contributed by atoms with Gasteiger partial charge in [-0.3, -0.25) is 14.9 Å². The monoisotopic (exact) mass is 681 g/mol. The number of hydrogen-bond donors (Lipinski definition) is 6. The molecule has 10 nitrogen and oxygen atoms in total. The van der Waals surface area contributed by atoms with Crippen LogP contribution in [0.15, 0.2) is 70.6 Å². The summed E-state index contributed by atoms with van der Waals surface area (Å²) in [6.45, 7) is 15.8. The van der Waals surface area contributed by atoms with E-state index in [1.165, 1.54) is 0 Å². The molecule has 0 aliphatic carbocycles. The lowest BCUT2D eigenvalue weighted by Gasteiger charge is -2.33. The van der Waals surface area contributed by atoms with Gasteiger partial charge in [0.1, 0.15) is 11.7 Å². The number of aromatic amines is 1. The number of rotatable bonds is 10. The van der Waals surface area contributed by atoms with Crippen LogP contribution in [-0.2, 0) is 17.4 Å². The third-order valence-electron chi connectivity index (χ3n) is 8.29. The first kappa shape index (κ1) is 37.6. The van der Waals surface area contributed by atoms with Gasteiger partial charge in [0.2, 0.25) is 0 Å². The number of benzene rings is 2. The minimum Gasteiger partial charge on any atom is -0.370 e. The Morgan fingerprint density at radius 2 is 1.65 bits per heavy atom. The Morgan fingerprint density at radius 3 is 2.18 bits per heavy atom. The normalized spacial score (nSPS) is 14.6. The Labute approximate surface area is 286 Å². The second-order valence-corrected chi connectivity index (χ2v) is 14.5. The molecule has 1 fully saturated rings. The molecule has 1 atom stereocenters. The molecular weight excluding hydrogens is 631 g/mol. The lowest BCUT2D eigenvalue weighted by atomic mass is 9.86. The molecule has 13 heteroatoms. The largest absolute Gasteiger partial charge is 0.407 e. The Balaban J connectivity index is 0.000000237. The van der Waals surface area contributed by atoms with E-state index < -0.39 is 12.2 Å². The minimum atomic E-state index is -4.28. The maximum Gasteiger partial charge on any atom is 0.407 e. The van der Waals surface area contributed by atoms with Crippen LogP contribution in [0.25, 0.3) is 16.7 Å². The van der Waals surface area contributed by atoms with Crippen molar-refractivity contribution in [2.45, 2.75) is 83.6 Å². The highest BCUT2D eigenvalue weighted by atomic mass is 19.4. The number of nitrogens with zero attached hydrogens (tertiary/aromatic N) is 3. The first-order valence-electron chi connectivity index (χ1n) is 16.5. The smallest absolute Gasteiger partial charge is 0.370 e. The maximum absolute atomic E-state index is 13.2. The van der Waals surface area contributed by atoms with Crippen molar-refractivity contribution in [3.05, 3.63) is 93.7 Å². The molecule has 4 aromatic rings. The van der Waals surface area contributed by atoms with E-state index in [0.717, 1.165) is 47.4 Å². The van der Waals surface area contributed by atoms with Crippen molar-refractivity contribution in [3.63, 3.8) is 0 Å². The Hall–Kier alpha value is -4.20. The topological polar surface area (TPSA) is 151 Å². The predicted octanol–water partition coefficient (Wildman–Crippen LogP) is 4.91. The van der Waals surface area contributed by atoms with Crippen LogP contribution >= 0.6 is 0 Å². The summed E-state index contributed by atoms with van der Waals surface area (Å²) in [7, 11) is 0. The Kier molecular flexibility index (Phi) is 11.9. The van der Waals surface area contributed by atoms with E-state index in [1.54, 1.807) is 28.8 Å². The average Bonchev–Trinajstić information content (AvgIpc) is 3.41. The van der Waals surface area contributed by atoms with Gasteiger partial charge in [0.15, 0.2) is 5.96 Å². The number of aliphatic imine (C=N–C) groups is 1. The average molecular weight is 682 g/mol. The van der Waals surface area contributed by atoms with E-state index in [9.17, 15) is 18.0 Å². The third-order valence-corrected chi connectivity index (χ3v) is 8.29. The maximum atomic E-state index is 13.2. The van der Waals surface area contributed by atoms with Gasteiger partial charge in [-0.2, -0.15) is 18.2 Å². The van der Waals surface area contributed by atoms with E-state index in [0.29, 0.717) is 25.3 Å². The van der Waals surface area contributed by atoms with Crippen LogP contribution in [0.2, 0.25) is 0 Å². The van der Waals surface area contributed by atoms with Crippen molar-refractivity contribution in [1.29, 1.82) is 0 Å². The lowest BCUT2D eigenvalue weighted by Crippen LogP contribution is -2.57. The van der Waals surface area contributed by atoms with E-state index >= 15 is 0 Å². The molecule has 2 aromatic heterocycles. The zero-order valence-electron chi connectivity index (χ0n) is 29.2. The van der Waals surface area contributed by atoms with E-state index in [2.05, 4.69) is 57.7 Å². The van der Waals surface area contributed by atoms with Crippen LogP contribution < -0.4 is 33.1 Å². The van der Waals surface area contributed by atoms with Gasteiger partial charge in [0, 0.05) is 54.9 Å². The number of guanidine groups is 1. The summed E-state index contributed by atoms with van der Waals surface area (Å²) >= 11 is 0. The molecule has 1 saturated heterocycles. The van der Waals surface area contributed by atoms with Crippen LogP contribution in [0.5, 0.6) is 0 Å². The summed E-state index contributed by atoms with van der Waals surface area (Å²) in [4.78, 5) is 23.9. The number of hydrogen-bond acceptors (Lipinski definition) is 6. The van der Waals surface area contributed by atoms with Crippen molar-refractivity contribution in [3.8, 4) is 5.69 Å². The van der Waals surface area contributed by atoms with Crippen LogP contribution in [0.1, 0.15) is 76.4 Å². The van der Waals surface area contributed by atoms with Gasteiger partial charge in [-0.05, 0) is 53.3 Å². The quantitative estimate of drug-likeness (QED) is 0.0791. The summed E-state index contributed by atoms with van der Waals surface area (Å²) in [6.07, 6.45) is -1.57. The molecule has 8 N–H and O–H groups in total. The van der Waals surface area contributed by atoms with Gasteiger partial charge in [-0.15, -0.1) is 0 Å². The number of nitrogens with one attached hydrogen (secondary N) is 4. The van der Waals surface area contributed by atoms with Crippen molar-refractivity contribution in [2.75, 3.05) is 26.2 Å². The molecule has 0 radical (unpaired) electrons. The molecule has 0 spiro atoms. The summed E-state index contributed by atoms with van der Waals surface area (Å²) in [5.74, 6) is 0.123. The zero-order chi connectivity index (χ0) is 36.0. The van der Waals surface area contributed by atoms with Crippen molar-refractivity contribution in [1.82, 2.24) is 30.5 Å². The molecule has 0 amide bonds. The van der Waals surface area contributed by atoms with Gasteiger partial charge >= 0.3 is 11.9 Å². The number of alkyl halides is 3. The summed E-state index contributed by atoms with van der Waals surface area (Å²) in [5, 5.41) is 9.92. The molecule has 3 heterocycles. The van der Waals surface area contributed by atoms with Crippen LogP contribution in [0.4, 0.5) is 13.2 Å². The summed E-state index contributed by atoms with van der Waals surface area (Å²) in [5.41, 5.74) is 15.1. The van der Waals surface area contributed by atoms with Crippen molar-refractivity contribution < 1.29 is 13.2 Å². The second kappa shape index (κ2) is 15.6. The predicted molar refractivity (Wildman–Crippen MR) is 191 cm³/mol. The summed E-state index contributed by atoms with van der Waals surface area (Å²) in [6, 6.07) is 15.0. The molecule has 266 valence electrons. The molecule has 1 unspecified atom stereocenters. The van der Waals surface area contributed by atoms with Crippen LogP contribution in [0.3, 0.4) is 0 Å². The first-order valence-corrected chi connectivity index (χ1v) is 16.5. The Bertz CT molecular complexity index is 1740. The molecule has 49 heavy (non-hydrogen) atoms. The highest BCUT2D eigenvalue weighted by Gasteiger charge is 2.42. The third kappa shape index (κ3) is 10.6. The fourth-order valence-electron chi connectivity index (χ4n) is 5.20. The highest BCUT2D eigenvalue weighted by molar-refractivity contribution is 5.76. The lowest BCUT2D eigenvalue weighted by molar-refractivity contribution is -0.160. The zero-order valence-corrected chi connectivity index (χ0v) is 29.2. The summed E-state index contributed by atoms with van der Waals surface area (Å²) < 4.78 is 41.1. The number of aromatic nitrogens is 3.